The lowest BCUT2D eigenvalue weighted by Crippen LogP contribution is -2.75. The summed E-state index contributed by atoms with van der Waals surface area (Å²) in [7, 11) is 0. The van der Waals surface area contributed by atoms with Crippen LogP contribution < -0.4 is 34.0 Å². The average molecular weight is 706 g/mol. The van der Waals surface area contributed by atoms with Crippen LogP contribution in [0, 0.1) is 0 Å². The predicted octanol–water partition coefficient (Wildman–Crippen LogP) is -5.54. The molecule has 2 unspecified atom stereocenters. The number of unbranched alkanes of at least 4 members (excludes halogenated alkanes) is 1. The van der Waals surface area contributed by atoms with Crippen molar-refractivity contribution in [1.82, 2.24) is 10.2 Å². The minimum atomic E-state index is -1.89. The van der Waals surface area contributed by atoms with Gasteiger partial charge in [0.1, 0.15) is 43.9 Å². The first-order valence-electron chi connectivity index (χ1n) is 16.8. The molecule has 0 aromatic heterocycles. The number of carboxylic acids is 1. The van der Waals surface area contributed by atoms with E-state index in [9.17, 15) is 44.7 Å². The Morgan fingerprint density at radius 3 is 2.31 bits per heavy atom. The SMILES string of the molecule is [2H]N[C@@H](CCCCN)C(=O)[N+]1(C(=O)[C@@H](N)[C@@H](C)O)CCC[C@H]1C(=O)N(C1O[C@H](CO)[C@@H](O)[C@H](O)[C@H]1NC(C)=O)[C@@H](CCCN=C(N)N)C(=O)O. The molecule has 0 bridgehead atoms. The number of imide groups is 1. The number of nitrogens with one attached hydrogen (secondary N) is 1. The average Bonchev–Trinajstić information content (AvgIpc) is 3.51. The molecule has 0 aliphatic carbocycles. The molecule has 280 valence electrons. The van der Waals surface area contributed by atoms with Crippen LogP contribution in [0.2, 0.25) is 1.41 Å². The van der Waals surface area contributed by atoms with Crippen molar-refractivity contribution in [1.29, 1.82) is 0 Å². The van der Waals surface area contributed by atoms with Crippen LogP contribution in [0.5, 0.6) is 0 Å². The number of aliphatic hydroxyl groups is 4. The number of nitrogens with two attached hydrogens (primary N) is 5. The number of amides is 4. The van der Waals surface area contributed by atoms with E-state index in [0.29, 0.717) is 17.7 Å². The second-order valence-corrected chi connectivity index (χ2v) is 12.5. The molecule has 0 aromatic rings. The summed E-state index contributed by atoms with van der Waals surface area (Å²) in [6.45, 7) is 1.31. The van der Waals surface area contributed by atoms with E-state index in [-0.39, 0.29) is 57.7 Å². The largest absolute Gasteiger partial charge is 0.480 e. The second kappa shape index (κ2) is 18.6. The Morgan fingerprint density at radius 2 is 1.78 bits per heavy atom. The standard InChI is InChI=1S/C29H53N9O11/c1-14(40)20(32)27(46)38(26(45)16(31)7-3-4-10-30)12-6-9-18(38)24(44)37(17(28(47)48)8-5-11-35-29(33)34)25-21(36-15(2)41)23(43)22(42)19(13-39)49-25/h14,16-23,25,39-40,42-43H,3-13,30-32H2,1-2H3,(H5-,33,34,35,36,41,47,48)/p+1/t14-,16+,17+,18+,19-,20+,21-,22-,23-,25?,38?/m1/s1/i/hD. The number of rotatable bonds is 18. The Kier molecular flexibility index (Phi) is 15.2. The van der Waals surface area contributed by atoms with E-state index in [2.05, 4.69) is 16.0 Å². The molecule has 20 heteroatoms. The first kappa shape index (κ1) is 40.1. The number of carbonyl (C=O) groups is 5. The van der Waals surface area contributed by atoms with Crippen molar-refractivity contribution in [3.05, 3.63) is 0 Å². The van der Waals surface area contributed by atoms with Gasteiger partial charge in [-0.3, -0.25) is 19.5 Å². The third-order valence-electron chi connectivity index (χ3n) is 8.99. The molecule has 11 atom stereocenters. The molecule has 0 radical (unpaired) electrons. The lowest BCUT2D eigenvalue weighted by atomic mass is 9.93. The Hall–Kier alpha value is -3.34. The fraction of sp³-hybridized carbons (Fsp3) is 0.793. The van der Waals surface area contributed by atoms with Gasteiger partial charge in [-0.15, -0.1) is 0 Å². The smallest absolute Gasteiger partial charge is 0.341 e. The zero-order chi connectivity index (χ0) is 37.9. The number of carbonyl (C=O) groups excluding carboxylic acids is 4. The highest BCUT2D eigenvalue weighted by Gasteiger charge is 2.63. The van der Waals surface area contributed by atoms with Crippen LogP contribution in [0.3, 0.4) is 0 Å². The lowest BCUT2D eigenvalue weighted by molar-refractivity contribution is -0.784. The number of aliphatic imine (C=N–C) groups is 1. The molecule has 0 aromatic carbocycles. The Labute approximate surface area is 285 Å². The molecular weight excluding hydrogens is 650 g/mol. The number of hydrogen-bond donors (Lipinski definition) is 11. The highest BCUT2D eigenvalue weighted by molar-refractivity contribution is 5.96. The topological polar surface area (TPSA) is 353 Å². The van der Waals surface area contributed by atoms with Gasteiger partial charge >= 0.3 is 17.8 Å². The summed E-state index contributed by atoms with van der Waals surface area (Å²) in [5.74, 6) is -5.73. The second-order valence-electron chi connectivity index (χ2n) is 12.5. The normalized spacial score (nSPS) is 29.5. The van der Waals surface area contributed by atoms with Crippen molar-refractivity contribution in [3.8, 4) is 0 Å². The maximum atomic E-state index is 15.0. The number of likely N-dealkylation sites (tertiary alicyclic amines) is 1. The summed E-state index contributed by atoms with van der Waals surface area (Å²) in [6, 6.07) is -8.16. The maximum absolute atomic E-state index is 15.0. The molecule has 2 aliphatic rings. The fourth-order valence-corrected chi connectivity index (χ4v) is 6.45. The number of quaternary nitrogens is 1. The number of carboxylic acid groups (broad SMARTS) is 1. The van der Waals surface area contributed by atoms with Crippen molar-refractivity contribution in [3.63, 3.8) is 0 Å². The predicted molar refractivity (Wildman–Crippen MR) is 172 cm³/mol. The number of guanidine groups is 1. The van der Waals surface area contributed by atoms with Crippen LogP contribution in [0.15, 0.2) is 4.99 Å². The van der Waals surface area contributed by atoms with Crippen molar-refractivity contribution in [2.45, 2.75) is 120 Å². The number of aliphatic hydroxyl groups excluding tert-OH is 4. The van der Waals surface area contributed by atoms with Gasteiger partial charge in [-0.05, 0) is 45.6 Å². The Bertz CT molecular complexity index is 1230. The molecule has 2 fully saturated rings. The van der Waals surface area contributed by atoms with Crippen molar-refractivity contribution >= 4 is 35.6 Å². The molecule has 16 N–H and O–H groups in total. The molecular formula is C29H54N9O11+. The molecule has 49 heavy (non-hydrogen) atoms. The van der Waals surface area contributed by atoms with E-state index < -0.39 is 102 Å². The van der Waals surface area contributed by atoms with Crippen molar-refractivity contribution in [2.24, 2.45) is 33.7 Å². The van der Waals surface area contributed by atoms with E-state index in [4.69, 9.17) is 29.1 Å². The van der Waals surface area contributed by atoms with Gasteiger partial charge in [0.2, 0.25) is 5.91 Å². The number of hydrogen-bond acceptors (Lipinski definition) is 14. The van der Waals surface area contributed by atoms with Gasteiger partial charge < -0.3 is 64.2 Å². The summed E-state index contributed by atoms with van der Waals surface area (Å²) in [5.41, 5.74) is 24.7. The molecule has 2 saturated heterocycles. The zero-order valence-corrected chi connectivity index (χ0v) is 27.9. The summed E-state index contributed by atoms with van der Waals surface area (Å²) < 4.78 is 12.5. The summed E-state index contributed by atoms with van der Waals surface area (Å²) in [6.07, 6.45) is -8.17. The quantitative estimate of drug-likeness (QED) is 0.0274. The van der Waals surface area contributed by atoms with E-state index in [1.807, 2.05) is 0 Å². The minimum absolute atomic E-state index is 0.0216. The van der Waals surface area contributed by atoms with Crippen LogP contribution in [-0.4, -0.2) is 158 Å². The zero-order valence-electron chi connectivity index (χ0n) is 28.9. The summed E-state index contributed by atoms with van der Waals surface area (Å²) in [5, 5.41) is 55.0. The van der Waals surface area contributed by atoms with Crippen LogP contribution in [0.4, 0.5) is 0 Å². The summed E-state index contributed by atoms with van der Waals surface area (Å²) >= 11 is 0. The number of nitrogens with zero attached hydrogens (tertiary/aromatic N) is 3. The monoisotopic (exact) mass is 705 g/mol. The van der Waals surface area contributed by atoms with Crippen LogP contribution in [-0.2, 0) is 28.7 Å². The van der Waals surface area contributed by atoms with E-state index in [1.54, 1.807) is 0 Å². The summed E-state index contributed by atoms with van der Waals surface area (Å²) in [4.78, 5) is 73.5. The van der Waals surface area contributed by atoms with E-state index in [0.717, 1.165) is 6.92 Å². The Morgan fingerprint density at radius 1 is 1.10 bits per heavy atom. The number of ether oxygens (including phenoxy) is 1. The van der Waals surface area contributed by atoms with Gasteiger partial charge in [-0.1, -0.05) is 0 Å². The lowest BCUT2D eigenvalue weighted by Gasteiger charge is -2.49. The molecule has 0 spiro atoms. The van der Waals surface area contributed by atoms with Crippen LogP contribution >= 0.6 is 0 Å². The first-order valence-corrected chi connectivity index (χ1v) is 16.3. The van der Waals surface area contributed by atoms with Gasteiger partial charge in [0.25, 0.3) is 5.91 Å². The molecule has 4 amide bonds. The Balaban J connectivity index is 2.86. The first-order chi connectivity index (χ1) is 23.5. The molecule has 2 heterocycles. The number of aliphatic carboxylic acids is 1. The third-order valence-corrected chi connectivity index (χ3v) is 8.99. The van der Waals surface area contributed by atoms with Gasteiger partial charge in [-0.25, -0.2) is 14.4 Å². The molecule has 2 rings (SSSR count). The molecule has 20 nitrogen and oxygen atoms in total. The minimum Gasteiger partial charge on any atom is -0.480 e. The van der Waals surface area contributed by atoms with Crippen LogP contribution in [0.1, 0.15) is 58.8 Å². The van der Waals surface area contributed by atoms with Gasteiger partial charge in [0.15, 0.2) is 18.2 Å². The van der Waals surface area contributed by atoms with Crippen molar-refractivity contribution in [2.75, 3.05) is 26.2 Å². The van der Waals surface area contributed by atoms with Gasteiger partial charge in [-0.2, -0.15) is 4.48 Å². The van der Waals surface area contributed by atoms with E-state index in [1.165, 1.54) is 6.92 Å². The highest BCUT2D eigenvalue weighted by Crippen LogP contribution is 2.35. The van der Waals surface area contributed by atoms with E-state index >= 15 is 4.79 Å². The molecule has 2 aliphatic heterocycles. The van der Waals surface area contributed by atoms with Crippen LogP contribution in [0.25, 0.3) is 0 Å². The molecule has 0 saturated carbocycles. The third kappa shape index (κ3) is 9.67. The van der Waals surface area contributed by atoms with Gasteiger partial charge in [0.05, 0.1) is 19.3 Å². The highest BCUT2D eigenvalue weighted by atomic mass is 16.5. The van der Waals surface area contributed by atoms with Crippen molar-refractivity contribution < 1.29 is 60.1 Å². The maximum Gasteiger partial charge on any atom is 0.341 e. The van der Waals surface area contributed by atoms with Gasteiger partial charge in [0, 0.05) is 26.3 Å². The fourth-order valence-electron chi connectivity index (χ4n) is 6.45.